The standard InChI is InChI=1S/C30H38FN7O6/c1-29(2,3)44-28(43)32-22-10-8-6-4-5-7-9-19-16-30(19,27(41)42)33-25(39)23-15-21(17-37(23)26(22)40)38-35-24(34-36-38)18-11-13-20(31)14-12-18/h7,9,11-14,19,21-23H,4-6,8,10,15-17H2,1-3H3,(H,32,43)(H,33,39)(H,41,42)/b9-7-/t19-,21-,22+,23-,30-/m0/s1. The number of amides is 3. The Morgan fingerprint density at radius 2 is 1.91 bits per heavy atom. The van der Waals surface area contributed by atoms with Crippen LogP contribution in [0.5, 0.6) is 0 Å². The number of alkyl carbamates (subject to hydrolysis) is 1. The molecule has 1 aliphatic carbocycles. The predicted octanol–water partition coefficient (Wildman–Crippen LogP) is 2.99. The Morgan fingerprint density at radius 1 is 1.16 bits per heavy atom. The van der Waals surface area contributed by atoms with Crippen LogP contribution < -0.4 is 10.6 Å². The first-order valence-electron chi connectivity index (χ1n) is 14.9. The van der Waals surface area contributed by atoms with Crippen molar-refractivity contribution in [3.05, 3.63) is 42.2 Å². The van der Waals surface area contributed by atoms with Gasteiger partial charge in [0.2, 0.25) is 17.6 Å². The summed E-state index contributed by atoms with van der Waals surface area (Å²) in [5.74, 6) is -2.75. The van der Waals surface area contributed by atoms with Gasteiger partial charge in [0.15, 0.2) is 0 Å². The lowest BCUT2D eigenvalue weighted by atomic mass is 10.0. The number of fused-ring (bicyclic) bond motifs is 2. The SMILES string of the molecule is CC(C)(C)OC(=O)N[C@@H]1CCCCC/C=C\[C@H]2C[C@]2(C(=O)O)NC(=O)[C@@H]2C[C@H](n3nnc(-c4ccc(F)cc4)n3)CN2C1=O. The van der Waals surface area contributed by atoms with Crippen LogP contribution in [0.3, 0.4) is 0 Å². The molecule has 1 aromatic carbocycles. The van der Waals surface area contributed by atoms with Crippen LogP contribution in [-0.4, -0.2) is 83.9 Å². The third kappa shape index (κ3) is 6.89. The summed E-state index contributed by atoms with van der Waals surface area (Å²) >= 11 is 0. The van der Waals surface area contributed by atoms with Crippen LogP contribution in [0.15, 0.2) is 36.4 Å². The van der Waals surface area contributed by atoms with E-state index in [1.54, 1.807) is 20.8 Å². The molecule has 1 aromatic heterocycles. The molecule has 13 nitrogen and oxygen atoms in total. The van der Waals surface area contributed by atoms with Gasteiger partial charge in [-0.15, -0.1) is 10.2 Å². The van der Waals surface area contributed by atoms with Crippen LogP contribution in [-0.2, 0) is 19.1 Å². The zero-order chi connectivity index (χ0) is 31.6. The lowest BCUT2D eigenvalue weighted by molar-refractivity contribution is -0.145. The van der Waals surface area contributed by atoms with E-state index in [1.807, 2.05) is 12.2 Å². The van der Waals surface area contributed by atoms with Gasteiger partial charge >= 0.3 is 12.1 Å². The van der Waals surface area contributed by atoms with Gasteiger partial charge in [-0.2, -0.15) is 4.80 Å². The molecular formula is C30H38FN7O6. The average molecular weight is 612 g/mol. The van der Waals surface area contributed by atoms with Gasteiger partial charge in [0, 0.05) is 24.4 Å². The van der Waals surface area contributed by atoms with Crippen LogP contribution in [0.2, 0.25) is 0 Å². The van der Waals surface area contributed by atoms with Crippen LogP contribution in [0, 0.1) is 11.7 Å². The number of hydrogen-bond acceptors (Lipinski definition) is 8. The number of halogens is 1. The van der Waals surface area contributed by atoms with E-state index in [0.717, 1.165) is 19.3 Å². The summed E-state index contributed by atoms with van der Waals surface area (Å²) in [5.41, 5.74) is -1.69. The predicted molar refractivity (Wildman–Crippen MR) is 154 cm³/mol. The smallest absolute Gasteiger partial charge is 0.408 e. The fourth-order valence-electron chi connectivity index (χ4n) is 5.79. The second-order valence-corrected chi connectivity index (χ2v) is 12.7. The van der Waals surface area contributed by atoms with Gasteiger partial charge in [-0.05, 0) is 75.9 Å². The number of allylic oxidation sites excluding steroid dienone is 1. The lowest BCUT2D eigenvalue weighted by Crippen LogP contribution is -2.56. The molecule has 0 radical (unpaired) electrons. The molecule has 0 spiro atoms. The summed E-state index contributed by atoms with van der Waals surface area (Å²) in [6, 6.07) is 3.00. The molecule has 2 aliphatic heterocycles. The molecule has 5 atom stereocenters. The van der Waals surface area contributed by atoms with Crippen molar-refractivity contribution in [1.82, 2.24) is 35.7 Å². The number of ether oxygens (including phenoxy) is 1. The number of benzene rings is 1. The van der Waals surface area contributed by atoms with Gasteiger partial charge in [0.05, 0.1) is 6.04 Å². The van der Waals surface area contributed by atoms with Crippen molar-refractivity contribution in [3.63, 3.8) is 0 Å². The monoisotopic (exact) mass is 611 g/mol. The van der Waals surface area contributed by atoms with Crippen molar-refractivity contribution < 1.29 is 33.4 Å². The molecule has 44 heavy (non-hydrogen) atoms. The molecule has 2 aromatic rings. The minimum Gasteiger partial charge on any atom is -0.479 e. The van der Waals surface area contributed by atoms with Gasteiger partial charge in [-0.1, -0.05) is 25.0 Å². The van der Waals surface area contributed by atoms with Gasteiger partial charge in [-0.3, -0.25) is 9.59 Å². The summed E-state index contributed by atoms with van der Waals surface area (Å²) in [6.45, 7) is 5.18. The quantitative estimate of drug-likeness (QED) is 0.440. The van der Waals surface area contributed by atoms with Crippen LogP contribution >= 0.6 is 0 Å². The first-order valence-corrected chi connectivity index (χ1v) is 14.9. The highest BCUT2D eigenvalue weighted by molar-refractivity contribution is 5.96. The summed E-state index contributed by atoms with van der Waals surface area (Å²) in [7, 11) is 0. The highest BCUT2D eigenvalue weighted by Gasteiger charge is 2.61. The Hall–Kier alpha value is -4.36. The zero-order valence-electron chi connectivity index (χ0n) is 25.0. The number of carboxylic acids is 1. The van der Waals surface area contributed by atoms with Crippen molar-refractivity contribution in [2.75, 3.05) is 6.54 Å². The molecule has 0 bridgehead atoms. The van der Waals surface area contributed by atoms with Gasteiger partial charge < -0.3 is 25.4 Å². The van der Waals surface area contributed by atoms with Crippen molar-refractivity contribution in [2.24, 2.45) is 5.92 Å². The molecule has 3 N–H and O–H groups in total. The number of carboxylic acid groups (broad SMARTS) is 1. The van der Waals surface area contributed by atoms with Crippen molar-refractivity contribution >= 4 is 23.9 Å². The molecule has 1 saturated carbocycles. The number of aromatic nitrogens is 4. The van der Waals surface area contributed by atoms with Gasteiger partial charge in [0.1, 0.15) is 29.0 Å². The number of rotatable bonds is 4. The molecule has 1 saturated heterocycles. The Bertz CT molecular complexity index is 1440. The van der Waals surface area contributed by atoms with Crippen molar-refractivity contribution in [2.45, 2.75) is 95.0 Å². The highest BCUT2D eigenvalue weighted by Crippen LogP contribution is 2.45. The van der Waals surface area contributed by atoms with Gasteiger partial charge in [-0.25, -0.2) is 14.0 Å². The fraction of sp³-hybridized carbons (Fsp3) is 0.567. The van der Waals surface area contributed by atoms with E-state index in [0.29, 0.717) is 18.4 Å². The first-order chi connectivity index (χ1) is 20.9. The molecule has 0 unspecified atom stereocenters. The fourth-order valence-corrected chi connectivity index (χ4v) is 5.79. The Balaban J connectivity index is 1.44. The highest BCUT2D eigenvalue weighted by atomic mass is 19.1. The Morgan fingerprint density at radius 3 is 2.61 bits per heavy atom. The van der Waals surface area contributed by atoms with E-state index in [1.165, 1.54) is 34.0 Å². The number of aliphatic carboxylic acids is 1. The molecule has 3 aliphatic rings. The maximum atomic E-state index is 14.1. The average Bonchev–Trinajstić information content (AvgIpc) is 3.26. The summed E-state index contributed by atoms with van der Waals surface area (Å²) in [5, 5.41) is 28.1. The van der Waals surface area contributed by atoms with Gasteiger partial charge in [0.25, 0.3) is 0 Å². The molecule has 236 valence electrons. The zero-order valence-corrected chi connectivity index (χ0v) is 25.0. The molecule has 3 amide bonds. The molecule has 14 heteroatoms. The number of carbonyl (C=O) groups excluding carboxylic acids is 3. The maximum absolute atomic E-state index is 14.1. The van der Waals surface area contributed by atoms with E-state index < -0.39 is 59.0 Å². The number of nitrogens with one attached hydrogen (secondary N) is 2. The second-order valence-electron chi connectivity index (χ2n) is 12.7. The molecule has 2 fully saturated rings. The van der Waals surface area contributed by atoms with E-state index in [-0.39, 0.29) is 31.1 Å². The third-order valence-electron chi connectivity index (χ3n) is 8.19. The summed E-state index contributed by atoms with van der Waals surface area (Å²) in [6.07, 6.45) is 6.70. The van der Waals surface area contributed by atoms with E-state index in [2.05, 4.69) is 26.0 Å². The largest absolute Gasteiger partial charge is 0.479 e. The lowest BCUT2D eigenvalue weighted by Gasteiger charge is -2.30. The summed E-state index contributed by atoms with van der Waals surface area (Å²) in [4.78, 5) is 55.6. The minimum absolute atomic E-state index is 0.0199. The molecule has 3 heterocycles. The van der Waals surface area contributed by atoms with Crippen LogP contribution in [0.4, 0.5) is 9.18 Å². The van der Waals surface area contributed by atoms with E-state index >= 15 is 0 Å². The number of nitrogens with zero attached hydrogens (tertiary/aromatic N) is 5. The topological polar surface area (TPSA) is 169 Å². The number of carbonyl (C=O) groups is 4. The molecular weight excluding hydrogens is 573 g/mol. The normalized spacial score (nSPS) is 28.5. The first kappa shape index (κ1) is 31.1. The third-order valence-corrected chi connectivity index (χ3v) is 8.19. The molecule has 5 rings (SSSR count). The van der Waals surface area contributed by atoms with E-state index in [9.17, 15) is 28.7 Å². The number of hydrogen-bond donors (Lipinski definition) is 3. The van der Waals surface area contributed by atoms with Crippen molar-refractivity contribution in [1.29, 1.82) is 0 Å². The number of tetrazole rings is 1. The van der Waals surface area contributed by atoms with E-state index in [4.69, 9.17) is 4.74 Å². The van der Waals surface area contributed by atoms with Crippen LogP contribution in [0.25, 0.3) is 11.4 Å². The maximum Gasteiger partial charge on any atom is 0.408 e. The second kappa shape index (κ2) is 12.3. The van der Waals surface area contributed by atoms with Crippen molar-refractivity contribution in [3.8, 4) is 11.4 Å². The van der Waals surface area contributed by atoms with Crippen LogP contribution in [0.1, 0.15) is 71.8 Å². The Kier molecular flexibility index (Phi) is 8.71. The Labute approximate surface area is 254 Å². The summed E-state index contributed by atoms with van der Waals surface area (Å²) < 4.78 is 18.8. The minimum atomic E-state index is -1.45.